The molecule has 2 heterocycles. The molecule has 1 aliphatic heterocycles. The molecule has 0 unspecified atom stereocenters. The van der Waals surface area contributed by atoms with E-state index in [0.29, 0.717) is 12.5 Å². The molecule has 4 rings (SSSR count). The number of aromatic nitrogens is 1. The molecule has 1 amide bonds. The Balaban J connectivity index is 0.00000289. The molecule has 1 fully saturated rings. The van der Waals surface area contributed by atoms with Crippen LogP contribution in [0.15, 0.2) is 53.1 Å². The Labute approximate surface area is 190 Å². The summed E-state index contributed by atoms with van der Waals surface area (Å²) in [4.78, 5) is 14.7. The van der Waals surface area contributed by atoms with Crippen molar-refractivity contribution in [2.45, 2.75) is 19.4 Å². The first-order valence-corrected chi connectivity index (χ1v) is 10.1. The van der Waals surface area contributed by atoms with Crippen molar-refractivity contribution < 1.29 is 22.5 Å². The Morgan fingerprint density at radius 3 is 2.41 bits per heavy atom. The van der Waals surface area contributed by atoms with Crippen LogP contribution in [0.1, 0.15) is 28.9 Å². The number of benzene rings is 2. The van der Waals surface area contributed by atoms with Crippen molar-refractivity contribution >= 4 is 18.3 Å². The molecule has 1 aromatic heterocycles. The highest BCUT2D eigenvalue weighted by Gasteiger charge is 2.21. The number of halogens is 4. The number of carbonyl (C=O) groups is 1. The number of nitrogens with one attached hydrogen (secondary N) is 1. The number of hydrogen-bond donors (Lipinski definition) is 1. The van der Waals surface area contributed by atoms with Gasteiger partial charge in [0.15, 0.2) is 11.5 Å². The van der Waals surface area contributed by atoms with Crippen LogP contribution in [0.5, 0.6) is 0 Å². The van der Waals surface area contributed by atoms with Gasteiger partial charge in [-0.15, -0.1) is 12.4 Å². The molecule has 3 aromatic rings. The summed E-state index contributed by atoms with van der Waals surface area (Å²) in [5.74, 6) is -1.70. The molecule has 9 heteroatoms. The second kappa shape index (κ2) is 10.7. The summed E-state index contributed by atoms with van der Waals surface area (Å²) in [5.41, 5.74) is 1.17. The third kappa shape index (κ3) is 5.89. The van der Waals surface area contributed by atoms with Gasteiger partial charge in [0.05, 0.1) is 5.56 Å². The first-order valence-electron chi connectivity index (χ1n) is 10.1. The first kappa shape index (κ1) is 23.8. The van der Waals surface area contributed by atoms with Crippen molar-refractivity contribution in [1.29, 1.82) is 0 Å². The fourth-order valence-corrected chi connectivity index (χ4v) is 3.72. The van der Waals surface area contributed by atoms with E-state index < -0.39 is 17.5 Å². The van der Waals surface area contributed by atoms with Crippen molar-refractivity contribution in [3.8, 4) is 11.3 Å². The number of amides is 1. The lowest BCUT2D eigenvalue weighted by atomic mass is 9.96. The molecule has 0 radical (unpaired) electrons. The number of hydrogen-bond acceptors (Lipinski definition) is 4. The van der Waals surface area contributed by atoms with Gasteiger partial charge in [-0.2, -0.15) is 0 Å². The van der Waals surface area contributed by atoms with Crippen LogP contribution in [0.25, 0.3) is 11.3 Å². The smallest absolute Gasteiger partial charge is 0.273 e. The second-order valence-electron chi connectivity index (χ2n) is 7.76. The minimum Gasteiger partial charge on any atom is -0.355 e. The van der Waals surface area contributed by atoms with Crippen molar-refractivity contribution in [3.63, 3.8) is 0 Å². The third-order valence-electron chi connectivity index (χ3n) is 5.52. The molecule has 1 saturated heterocycles. The van der Waals surface area contributed by atoms with E-state index in [9.17, 15) is 18.0 Å². The predicted molar refractivity (Wildman–Crippen MR) is 116 cm³/mol. The highest BCUT2D eigenvalue weighted by Crippen LogP contribution is 2.24. The molecule has 0 saturated carbocycles. The highest BCUT2D eigenvalue weighted by atomic mass is 35.5. The lowest BCUT2D eigenvalue weighted by molar-refractivity contribution is 0.0926. The molecular weight excluding hydrogens is 443 g/mol. The Kier molecular flexibility index (Phi) is 7.93. The van der Waals surface area contributed by atoms with E-state index >= 15 is 0 Å². The molecule has 0 bridgehead atoms. The van der Waals surface area contributed by atoms with Gasteiger partial charge in [0.2, 0.25) is 0 Å². The van der Waals surface area contributed by atoms with Gasteiger partial charge in [0, 0.05) is 25.2 Å². The van der Waals surface area contributed by atoms with Gasteiger partial charge in [-0.1, -0.05) is 17.3 Å². The van der Waals surface area contributed by atoms with Crippen LogP contribution in [0.2, 0.25) is 0 Å². The molecular formula is C23H23ClF3N3O2. The molecule has 0 spiro atoms. The summed E-state index contributed by atoms with van der Waals surface area (Å²) in [5, 5.41) is 6.56. The van der Waals surface area contributed by atoms with Gasteiger partial charge in [0.25, 0.3) is 5.91 Å². The van der Waals surface area contributed by atoms with Gasteiger partial charge in [-0.3, -0.25) is 9.69 Å². The van der Waals surface area contributed by atoms with Crippen molar-refractivity contribution in [2.75, 3.05) is 19.6 Å². The monoisotopic (exact) mass is 465 g/mol. The molecule has 0 aliphatic carbocycles. The van der Waals surface area contributed by atoms with Crippen LogP contribution in [0, 0.1) is 23.4 Å². The topological polar surface area (TPSA) is 58.4 Å². The summed E-state index contributed by atoms with van der Waals surface area (Å²) in [6.07, 6.45) is 1.87. The SMILES string of the molecule is Cl.O=C(NCC1CCN(Cc2ccc(F)cc2)CC1)c1cc(-c2ccc(F)cc2F)on1. The average molecular weight is 466 g/mol. The molecule has 1 aliphatic rings. The zero-order valence-electron chi connectivity index (χ0n) is 17.2. The summed E-state index contributed by atoms with van der Waals surface area (Å²) < 4.78 is 45.0. The Morgan fingerprint density at radius 1 is 1.03 bits per heavy atom. The largest absolute Gasteiger partial charge is 0.355 e. The van der Waals surface area contributed by atoms with E-state index in [1.165, 1.54) is 24.3 Å². The maximum Gasteiger partial charge on any atom is 0.273 e. The van der Waals surface area contributed by atoms with Gasteiger partial charge < -0.3 is 9.84 Å². The number of piperidine rings is 1. The third-order valence-corrected chi connectivity index (χ3v) is 5.52. The van der Waals surface area contributed by atoms with Crippen LogP contribution >= 0.6 is 12.4 Å². The molecule has 32 heavy (non-hydrogen) atoms. The lowest BCUT2D eigenvalue weighted by Crippen LogP contribution is -2.38. The van der Waals surface area contributed by atoms with Crippen LogP contribution in [0.4, 0.5) is 13.2 Å². The van der Waals surface area contributed by atoms with Crippen molar-refractivity contribution in [3.05, 3.63) is 77.2 Å². The van der Waals surface area contributed by atoms with Crippen molar-refractivity contribution in [1.82, 2.24) is 15.4 Å². The first-order chi connectivity index (χ1) is 15.0. The van der Waals surface area contributed by atoms with E-state index in [4.69, 9.17) is 4.52 Å². The Bertz CT molecular complexity index is 1050. The zero-order chi connectivity index (χ0) is 21.8. The Morgan fingerprint density at radius 2 is 1.72 bits per heavy atom. The van der Waals surface area contributed by atoms with E-state index in [1.54, 1.807) is 12.1 Å². The normalized spacial score (nSPS) is 14.7. The van der Waals surface area contributed by atoms with E-state index in [1.807, 2.05) is 0 Å². The lowest BCUT2D eigenvalue weighted by Gasteiger charge is -2.32. The minimum absolute atomic E-state index is 0. The number of rotatable bonds is 6. The predicted octanol–water partition coefficient (Wildman–Crippen LogP) is 4.82. The summed E-state index contributed by atoms with van der Waals surface area (Å²) in [6.45, 7) is 3.09. The maximum atomic E-state index is 13.9. The fourth-order valence-electron chi connectivity index (χ4n) is 3.72. The van der Waals surface area contributed by atoms with Crippen LogP contribution in [-0.2, 0) is 6.54 Å². The molecule has 1 N–H and O–H groups in total. The van der Waals surface area contributed by atoms with Gasteiger partial charge >= 0.3 is 0 Å². The van der Waals surface area contributed by atoms with Gasteiger partial charge in [-0.05, 0) is 61.7 Å². The summed E-state index contributed by atoms with van der Waals surface area (Å²) in [6, 6.07) is 11.0. The summed E-state index contributed by atoms with van der Waals surface area (Å²) >= 11 is 0. The highest BCUT2D eigenvalue weighted by molar-refractivity contribution is 5.93. The number of nitrogens with zero attached hydrogens (tertiary/aromatic N) is 2. The van der Waals surface area contributed by atoms with Gasteiger partial charge in [0.1, 0.15) is 17.5 Å². The van der Waals surface area contributed by atoms with Gasteiger partial charge in [-0.25, -0.2) is 13.2 Å². The summed E-state index contributed by atoms with van der Waals surface area (Å²) in [7, 11) is 0. The molecule has 5 nitrogen and oxygen atoms in total. The van der Waals surface area contributed by atoms with E-state index in [0.717, 1.165) is 50.2 Å². The number of carbonyl (C=O) groups excluding carboxylic acids is 1. The van der Waals surface area contributed by atoms with Crippen LogP contribution < -0.4 is 5.32 Å². The quantitative estimate of drug-likeness (QED) is 0.567. The number of likely N-dealkylation sites (tertiary alicyclic amines) is 1. The molecule has 170 valence electrons. The zero-order valence-corrected chi connectivity index (χ0v) is 18.0. The fraction of sp³-hybridized carbons (Fsp3) is 0.304. The molecule has 2 aromatic carbocycles. The standard InChI is InChI=1S/C23H22F3N3O2.ClH/c24-17-3-1-16(2-4-17)14-29-9-7-15(8-10-29)13-27-23(30)21-12-22(31-28-21)19-6-5-18(25)11-20(19)26;/h1-6,11-12,15H,7-10,13-14H2,(H,27,30);1H. The van der Waals surface area contributed by atoms with Crippen LogP contribution in [0.3, 0.4) is 0 Å². The minimum atomic E-state index is -0.782. The van der Waals surface area contributed by atoms with Crippen LogP contribution in [-0.4, -0.2) is 35.6 Å². The van der Waals surface area contributed by atoms with E-state index in [-0.39, 0.29) is 35.2 Å². The second-order valence-corrected chi connectivity index (χ2v) is 7.76. The maximum absolute atomic E-state index is 13.9. The average Bonchev–Trinajstić information content (AvgIpc) is 3.25. The van der Waals surface area contributed by atoms with E-state index in [2.05, 4.69) is 15.4 Å². The Hall–Kier alpha value is -2.84. The molecule has 0 atom stereocenters. The van der Waals surface area contributed by atoms with Crippen molar-refractivity contribution in [2.24, 2.45) is 5.92 Å².